The van der Waals surface area contributed by atoms with Crippen LogP contribution in [0.2, 0.25) is 5.02 Å². The van der Waals surface area contributed by atoms with Crippen LogP contribution in [0.5, 0.6) is 0 Å². The molecule has 2 aromatic heterocycles. The molecule has 0 bridgehead atoms. The Morgan fingerprint density at radius 1 is 1.15 bits per heavy atom. The van der Waals surface area contributed by atoms with E-state index in [2.05, 4.69) is 9.97 Å². The summed E-state index contributed by atoms with van der Waals surface area (Å²) >= 11 is 7.45. The standard InChI is InChI=1S/C20H13ClFN3OS/c21-15-5-8-17-18(10-15)27-20(24-17)25(12-13-2-1-9-23-11-13)19(26)14-3-6-16(22)7-4-14/h1-11H,12H2. The van der Waals surface area contributed by atoms with Crippen LogP contribution >= 0.6 is 22.9 Å². The van der Waals surface area contributed by atoms with Gasteiger partial charge in [-0.05, 0) is 54.1 Å². The molecule has 1 amide bonds. The second-order valence-corrected chi connectivity index (χ2v) is 7.31. The maximum atomic E-state index is 13.2. The first-order valence-corrected chi connectivity index (χ1v) is 9.32. The maximum Gasteiger partial charge on any atom is 0.260 e. The van der Waals surface area contributed by atoms with E-state index in [0.29, 0.717) is 22.3 Å². The van der Waals surface area contributed by atoms with Gasteiger partial charge in [-0.15, -0.1) is 0 Å². The molecule has 0 saturated carbocycles. The topological polar surface area (TPSA) is 46.1 Å². The molecule has 7 heteroatoms. The van der Waals surface area contributed by atoms with E-state index in [1.54, 1.807) is 23.4 Å². The molecule has 0 aliphatic heterocycles. The van der Waals surface area contributed by atoms with Gasteiger partial charge in [-0.25, -0.2) is 9.37 Å². The molecule has 0 atom stereocenters. The highest BCUT2D eigenvalue weighted by Crippen LogP contribution is 2.32. The van der Waals surface area contributed by atoms with Crippen LogP contribution in [0.15, 0.2) is 67.0 Å². The van der Waals surface area contributed by atoms with Crippen molar-refractivity contribution in [1.82, 2.24) is 9.97 Å². The number of rotatable bonds is 4. The van der Waals surface area contributed by atoms with Crippen molar-refractivity contribution in [2.24, 2.45) is 0 Å². The zero-order chi connectivity index (χ0) is 18.8. The molecular weight excluding hydrogens is 385 g/mol. The highest BCUT2D eigenvalue weighted by molar-refractivity contribution is 7.22. The summed E-state index contributed by atoms with van der Waals surface area (Å²) in [6.07, 6.45) is 3.38. The van der Waals surface area contributed by atoms with E-state index in [0.717, 1.165) is 15.8 Å². The predicted molar refractivity (Wildman–Crippen MR) is 106 cm³/mol. The van der Waals surface area contributed by atoms with E-state index in [9.17, 15) is 9.18 Å². The summed E-state index contributed by atoms with van der Waals surface area (Å²) in [5, 5.41) is 1.16. The third kappa shape index (κ3) is 3.82. The van der Waals surface area contributed by atoms with Gasteiger partial charge in [0.05, 0.1) is 16.8 Å². The van der Waals surface area contributed by atoms with E-state index >= 15 is 0 Å². The van der Waals surface area contributed by atoms with Crippen LogP contribution in [0.3, 0.4) is 0 Å². The van der Waals surface area contributed by atoms with Gasteiger partial charge in [0.25, 0.3) is 5.91 Å². The van der Waals surface area contributed by atoms with Gasteiger partial charge in [-0.3, -0.25) is 14.7 Å². The summed E-state index contributed by atoms with van der Waals surface area (Å²) in [7, 11) is 0. The third-order valence-electron chi connectivity index (χ3n) is 3.97. The molecule has 4 nitrogen and oxygen atoms in total. The number of nitrogens with zero attached hydrogens (tertiary/aromatic N) is 3. The molecule has 0 saturated heterocycles. The van der Waals surface area contributed by atoms with Gasteiger partial charge in [-0.2, -0.15) is 0 Å². The van der Waals surface area contributed by atoms with Crippen LogP contribution in [-0.2, 0) is 6.54 Å². The molecular formula is C20H13ClFN3OS. The lowest BCUT2D eigenvalue weighted by atomic mass is 10.2. The smallest absolute Gasteiger partial charge is 0.260 e. The van der Waals surface area contributed by atoms with Crippen LogP contribution in [-0.4, -0.2) is 15.9 Å². The number of pyridine rings is 1. The number of thiazole rings is 1. The van der Waals surface area contributed by atoms with Crippen molar-refractivity contribution < 1.29 is 9.18 Å². The number of carbonyl (C=O) groups is 1. The molecule has 27 heavy (non-hydrogen) atoms. The Bertz CT molecular complexity index is 1100. The number of amides is 1. The van der Waals surface area contributed by atoms with Gasteiger partial charge < -0.3 is 0 Å². The lowest BCUT2D eigenvalue weighted by Gasteiger charge is -2.20. The van der Waals surface area contributed by atoms with Crippen molar-refractivity contribution in [3.8, 4) is 0 Å². The Labute approximate surface area is 163 Å². The van der Waals surface area contributed by atoms with Gasteiger partial charge in [0.1, 0.15) is 5.82 Å². The second-order valence-electron chi connectivity index (χ2n) is 5.87. The van der Waals surface area contributed by atoms with Gasteiger partial charge in [0.15, 0.2) is 5.13 Å². The minimum absolute atomic E-state index is 0.260. The van der Waals surface area contributed by atoms with Crippen molar-refractivity contribution in [2.45, 2.75) is 6.54 Å². The summed E-state index contributed by atoms with van der Waals surface area (Å²) in [6, 6.07) is 14.6. The number of halogens is 2. The molecule has 0 aliphatic rings. The minimum Gasteiger partial charge on any atom is -0.279 e. The van der Waals surface area contributed by atoms with Crippen LogP contribution in [0, 0.1) is 5.82 Å². The molecule has 0 fully saturated rings. The van der Waals surface area contributed by atoms with Crippen LogP contribution < -0.4 is 4.90 Å². The first-order valence-electron chi connectivity index (χ1n) is 8.12. The van der Waals surface area contributed by atoms with E-state index in [-0.39, 0.29) is 11.7 Å². The average molecular weight is 398 g/mol. The number of aromatic nitrogens is 2. The number of carbonyl (C=O) groups excluding carboxylic acids is 1. The molecule has 134 valence electrons. The van der Waals surface area contributed by atoms with E-state index < -0.39 is 0 Å². The normalized spacial score (nSPS) is 10.9. The number of benzene rings is 2. The molecule has 4 aromatic rings. The zero-order valence-corrected chi connectivity index (χ0v) is 15.5. The number of fused-ring (bicyclic) bond motifs is 1. The summed E-state index contributed by atoms with van der Waals surface area (Å²) in [4.78, 5) is 23.4. The van der Waals surface area contributed by atoms with Crippen LogP contribution in [0.25, 0.3) is 10.2 Å². The Morgan fingerprint density at radius 3 is 2.70 bits per heavy atom. The molecule has 0 N–H and O–H groups in total. The van der Waals surface area contributed by atoms with Crippen molar-refractivity contribution in [3.63, 3.8) is 0 Å². The number of hydrogen-bond donors (Lipinski definition) is 0. The fraction of sp³-hybridized carbons (Fsp3) is 0.0500. The van der Waals surface area contributed by atoms with Gasteiger partial charge >= 0.3 is 0 Å². The minimum atomic E-state index is -0.389. The first kappa shape index (κ1) is 17.6. The second kappa shape index (κ2) is 7.42. The lowest BCUT2D eigenvalue weighted by molar-refractivity contribution is 0.0985. The van der Waals surface area contributed by atoms with E-state index in [4.69, 9.17) is 11.6 Å². The van der Waals surface area contributed by atoms with Crippen molar-refractivity contribution >= 4 is 44.2 Å². The quantitative estimate of drug-likeness (QED) is 0.467. The molecule has 0 spiro atoms. The van der Waals surface area contributed by atoms with Crippen LogP contribution in [0.4, 0.5) is 9.52 Å². The van der Waals surface area contributed by atoms with Gasteiger partial charge in [0.2, 0.25) is 0 Å². The van der Waals surface area contributed by atoms with Crippen molar-refractivity contribution in [2.75, 3.05) is 4.90 Å². The van der Waals surface area contributed by atoms with Crippen molar-refractivity contribution in [3.05, 3.63) is 89.0 Å². The van der Waals surface area contributed by atoms with Gasteiger partial charge in [-0.1, -0.05) is 29.0 Å². The van der Waals surface area contributed by atoms with E-state index in [1.165, 1.54) is 35.6 Å². The molecule has 0 radical (unpaired) electrons. The zero-order valence-electron chi connectivity index (χ0n) is 14.0. The SMILES string of the molecule is O=C(c1ccc(F)cc1)N(Cc1cccnc1)c1nc2ccc(Cl)cc2s1. The summed E-state index contributed by atoms with van der Waals surface area (Å²) in [5.41, 5.74) is 2.02. The fourth-order valence-electron chi connectivity index (χ4n) is 2.65. The van der Waals surface area contributed by atoms with Gasteiger partial charge in [0, 0.05) is 23.0 Å². The maximum absolute atomic E-state index is 13.2. The Hall–Kier alpha value is -2.83. The molecule has 0 unspecified atom stereocenters. The van der Waals surface area contributed by atoms with E-state index in [1.807, 2.05) is 24.3 Å². The lowest BCUT2D eigenvalue weighted by Crippen LogP contribution is -2.30. The monoisotopic (exact) mass is 397 g/mol. The number of anilines is 1. The Morgan fingerprint density at radius 2 is 1.96 bits per heavy atom. The highest BCUT2D eigenvalue weighted by Gasteiger charge is 2.22. The predicted octanol–water partition coefficient (Wildman–Crippen LogP) is 5.33. The number of hydrogen-bond acceptors (Lipinski definition) is 4. The summed E-state index contributed by atoms with van der Waals surface area (Å²) in [5.74, 6) is -0.649. The average Bonchev–Trinajstić information content (AvgIpc) is 3.10. The highest BCUT2D eigenvalue weighted by atomic mass is 35.5. The molecule has 4 rings (SSSR count). The third-order valence-corrected chi connectivity index (χ3v) is 5.25. The molecule has 2 aromatic carbocycles. The molecule has 0 aliphatic carbocycles. The van der Waals surface area contributed by atoms with Crippen LogP contribution in [0.1, 0.15) is 15.9 Å². The fourth-order valence-corrected chi connectivity index (χ4v) is 3.89. The first-order chi connectivity index (χ1) is 13.1. The summed E-state index contributed by atoms with van der Waals surface area (Å²) < 4.78 is 14.1. The summed E-state index contributed by atoms with van der Waals surface area (Å²) in [6.45, 7) is 0.303. The molecule has 2 heterocycles. The van der Waals surface area contributed by atoms with Crippen molar-refractivity contribution in [1.29, 1.82) is 0 Å². The largest absolute Gasteiger partial charge is 0.279 e. The Kier molecular flexibility index (Phi) is 4.83. The Balaban J connectivity index is 1.76.